The van der Waals surface area contributed by atoms with Crippen molar-refractivity contribution in [2.75, 3.05) is 71.0 Å². The maximum Gasteiger partial charge on any atom is 0.393 e. The number of fused-ring (bicyclic) bond motifs is 3. The fourth-order valence-electron chi connectivity index (χ4n) is 5.72. The third-order valence-electron chi connectivity index (χ3n) is 7.56. The highest BCUT2D eigenvalue weighted by molar-refractivity contribution is 7.64. The molecule has 0 radical (unpaired) electrons. The highest BCUT2D eigenvalue weighted by Gasteiger charge is 2.39. The molecule has 2 bridgehead atoms. The highest BCUT2D eigenvalue weighted by atomic mass is 32.1. The molecule has 2 N–H and O–H groups in total. The van der Waals surface area contributed by atoms with Crippen LogP contribution in [0.4, 0.5) is 24.5 Å². The summed E-state index contributed by atoms with van der Waals surface area (Å²) in [7, 11) is 3.50. The van der Waals surface area contributed by atoms with Crippen molar-refractivity contribution in [2.24, 2.45) is 11.8 Å². The maximum atomic E-state index is 13.7. The number of hydrogen-bond donors (Lipinski definition) is 2. The lowest BCUT2D eigenvalue weighted by atomic mass is 9.82. The fourth-order valence-corrected chi connectivity index (χ4v) is 7.63. The number of ether oxygens (including phenoxy) is 2. The predicted octanol–water partition coefficient (Wildman–Crippen LogP) is 5.83. The summed E-state index contributed by atoms with van der Waals surface area (Å²) in [4.78, 5) is 2.79. The van der Waals surface area contributed by atoms with Gasteiger partial charge in [-0.15, -0.1) is 11.3 Å². The van der Waals surface area contributed by atoms with E-state index >= 15 is 0 Å². The minimum Gasteiger partial charge on any atom is -0.495 e. The van der Waals surface area contributed by atoms with Crippen LogP contribution >= 0.6 is 19.3 Å². The van der Waals surface area contributed by atoms with Crippen molar-refractivity contribution in [3.8, 4) is 17.6 Å². The standard InChI is InChI=1S/C30H35F3N3O2PS/c1-36-15-19-17-38-18-20(16-36)28(19)35-25-8-5-7-22-23(14-30(31,32)33)27(40-29(22)25)9-6-12-34-24-11-10-21(39(3)4)13-26(24)37-2/h5,7-8,10-11,13,19-20,28,34-35H,12,14-18H2,1-4H3. The first-order valence-corrected chi connectivity index (χ1v) is 16.4. The monoisotopic (exact) mass is 589 g/mol. The SMILES string of the molecule is COc1cc(P(C)C)ccc1NCC#Cc1sc2c(NC3C4COCC3CN(C)C4)cccc2c1CC(F)(F)F. The van der Waals surface area contributed by atoms with E-state index in [-0.39, 0.29) is 26.1 Å². The zero-order valence-corrected chi connectivity index (χ0v) is 24.9. The van der Waals surface area contributed by atoms with E-state index in [1.165, 1.54) is 16.6 Å². The average Bonchev–Trinajstić information content (AvgIpc) is 3.23. The first kappa shape index (κ1) is 29.0. The Kier molecular flexibility index (Phi) is 8.82. The van der Waals surface area contributed by atoms with Crippen molar-refractivity contribution in [3.63, 3.8) is 0 Å². The smallest absolute Gasteiger partial charge is 0.393 e. The van der Waals surface area contributed by atoms with Crippen LogP contribution in [-0.4, -0.2) is 77.5 Å². The molecule has 5 rings (SSSR count). The van der Waals surface area contributed by atoms with Crippen molar-refractivity contribution in [1.82, 2.24) is 4.90 Å². The topological polar surface area (TPSA) is 45.8 Å². The van der Waals surface area contributed by atoms with Crippen LogP contribution in [0.2, 0.25) is 0 Å². The van der Waals surface area contributed by atoms with Gasteiger partial charge in [-0.25, -0.2) is 0 Å². The predicted molar refractivity (Wildman–Crippen MR) is 161 cm³/mol. The number of benzene rings is 2. The fraction of sp³-hybridized carbons (Fsp3) is 0.467. The Hall–Kier alpha value is -2.50. The van der Waals surface area contributed by atoms with E-state index in [0.29, 0.717) is 35.3 Å². The zero-order chi connectivity index (χ0) is 28.4. The Bertz CT molecular complexity index is 1400. The summed E-state index contributed by atoms with van der Waals surface area (Å²) in [5, 5.41) is 8.82. The Morgan fingerprint density at radius 2 is 1.88 bits per heavy atom. The molecule has 0 spiro atoms. The molecule has 2 saturated heterocycles. The summed E-state index contributed by atoms with van der Waals surface area (Å²) in [6.45, 7) is 7.89. The van der Waals surface area contributed by atoms with Gasteiger partial charge in [0, 0.05) is 31.0 Å². The first-order chi connectivity index (χ1) is 19.1. The summed E-state index contributed by atoms with van der Waals surface area (Å²) in [6, 6.07) is 11.9. The van der Waals surface area contributed by atoms with Crippen molar-refractivity contribution in [3.05, 3.63) is 46.8 Å². The van der Waals surface area contributed by atoms with E-state index in [2.05, 4.69) is 53.8 Å². The van der Waals surface area contributed by atoms with E-state index in [1.807, 2.05) is 24.3 Å². The quantitative estimate of drug-likeness (QED) is 0.268. The van der Waals surface area contributed by atoms with Gasteiger partial charge in [0.15, 0.2) is 0 Å². The summed E-state index contributed by atoms with van der Waals surface area (Å²) in [5.74, 6) is 7.50. The number of nitrogens with zero attached hydrogens (tertiary/aromatic N) is 1. The highest BCUT2D eigenvalue weighted by Crippen LogP contribution is 2.40. The van der Waals surface area contributed by atoms with Gasteiger partial charge >= 0.3 is 6.18 Å². The molecule has 2 aliphatic rings. The third kappa shape index (κ3) is 6.52. The molecular formula is C30H35F3N3O2PS. The van der Waals surface area contributed by atoms with Gasteiger partial charge in [0.1, 0.15) is 5.75 Å². The summed E-state index contributed by atoms with van der Waals surface area (Å²) < 4.78 is 53.2. The van der Waals surface area contributed by atoms with Crippen molar-refractivity contribution in [1.29, 1.82) is 0 Å². The summed E-state index contributed by atoms with van der Waals surface area (Å²) >= 11 is 1.34. The van der Waals surface area contributed by atoms with Gasteiger partial charge in [0.25, 0.3) is 0 Å². The minimum absolute atomic E-state index is 0.223. The molecule has 2 aromatic carbocycles. The van der Waals surface area contributed by atoms with Crippen molar-refractivity contribution in [2.45, 2.75) is 18.6 Å². The largest absolute Gasteiger partial charge is 0.495 e. The van der Waals surface area contributed by atoms with Crippen LogP contribution in [0.25, 0.3) is 10.1 Å². The van der Waals surface area contributed by atoms with Crippen LogP contribution in [-0.2, 0) is 11.2 Å². The van der Waals surface area contributed by atoms with E-state index in [0.717, 1.165) is 34.9 Å². The second-order valence-corrected chi connectivity index (χ2v) is 14.1. The van der Waals surface area contributed by atoms with Crippen molar-refractivity contribution >= 4 is 46.0 Å². The lowest BCUT2D eigenvalue weighted by Crippen LogP contribution is -2.57. The third-order valence-corrected chi connectivity index (χ3v) is 10.1. The second kappa shape index (κ2) is 12.2. The van der Waals surface area contributed by atoms with Crippen LogP contribution < -0.4 is 20.7 Å². The number of thiophene rings is 1. The molecule has 2 fully saturated rings. The summed E-state index contributed by atoms with van der Waals surface area (Å²) in [5.41, 5.74) is 1.93. The molecule has 0 amide bonds. The number of likely N-dealkylation sites (tertiary alicyclic amines) is 1. The molecule has 3 aromatic rings. The lowest BCUT2D eigenvalue weighted by Gasteiger charge is -2.46. The molecule has 0 aliphatic carbocycles. The second-order valence-electron chi connectivity index (χ2n) is 10.8. The molecule has 3 heterocycles. The van der Waals surface area contributed by atoms with Gasteiger partial charge in [-0.1, -0.05) is 38.0 Å². The average molecular weight is 590 g/mol. The van der Waals surface area contributed by atoms with E-state index < -0.39 is 12.6 Å². The molecule has 5 nitrogen and oxygen atoms in total. The Labute approximate surface area is 239 Å². The normalized spacial score (nSPS) is 21.2. The number of alkyl halides is 3. The van der Waals surface area contributed by atoms with Crippen LogP contribution in [0.15, 0.2) is 36.4 Å². The Morgan fingerprint density at radius 1 is 1.12 bits per heavy atom. The van der Waals surface area contributed by atoms with Gasteiger partial charge in [-0.05, 0) is 54.8 Å². The molecule has 2 unspecified atom stereocenters. The zero-order valence-electron chi connectivity index (χ0n) is 23.2. The number of methoxy groups -OCH3 is 1. The molecular weight excluding hydrogens is 554 g/mol. The molecule has 2 aliphatic heterocycles. The number of anilines is 2. The van der Waals surface area contributed by atoms with Crippen LogP contribution in [0.3, 0.4) is 0 Å². The van der Waals surface area contributed by atoms with Crippen LogP contribution in [0, 0.1) is 23.7 Å². The van der Waals surface area contributed by atoms with Gasteiger partial charge < -0.3 is 25.0 Å². The number of halogens is 3. The Balaban J connectivity index is 1.41. The molecule has 2 atom stereocenters. The van der Waals surface area contributed by atoms with Gasteiger partial charge in [0.05, 0.1) is 54.2 Å². The molecule has 40 heavy (non-hydrogen) atoms. The van der Waals surface area contributed by atoms with Crippen LogP contribution in [0.5, 0.6) is 5.75 Å². The van der Waals surface area contributed by atoms with E-state index in [1.54, 1.807) is 13.2 Å². The maximum absolute atomic E-state index is 13.7. The Morgan fingerprint density at radius 3 is 2.55 bits per heavy atom. The minimum atomic E-state index is -4.33. The van der Waals surface area contributed by atoms with Crippen molar-refractivity contribution < 1.29 is 22.6 Å². The molecule has 1 aromatic heterocycles. The lowest BCUT2D eigenvalue weighted by molar-refractivity contribution is -0.126. The van der Waals surface area contributed by atoms with Crippen LogP contribution in [0.1, 0.15) is 10.4 Å². The van der Waals surface area contributed by atoms with E-state index in [9.17, 15) is 13.2 Å². The van der Waals surface area contributed by atoms with Gasteiger partial charge in [-0.2, -0.15) is 13.2 Å². The van der Waals surface area contributed by atoms with E-state index in [4.69, 9.17) is 9.47 Å². The summed E-state index contributed by atoms with van der Waals surface area (Å²) in [6.07, 6.45) is -5.34. The molecule has 214 valence electrons. The number of hydrogen-bond acceptors (Lipinski definition) is 6. The number of rotatable bonds is 7. The molecule has 10 heteroatoms. The number of piperidine rings is 1. The van der Waals surface area contributed by atoms with Gasteiger partial charge in [0.2, 0.25) is 0 Å². The number of nitrogens with one attached hydrogen (secondary N) is 2. The molecule has 0 saturated carbocycles. The van der Waals surface area contributed by atoms with Gasteiger partial charge in [-0.3, -0.25) is 0 Å². The first-order valence-electron chi connectivity index (χ1n) is 13.3.